The number of hydrogen-bond donors (Lipinski definition) is 0. The molecule has 0 aliphatic carbocycles. The fourth-order valence-corrected chi connectivity index (χ4v) is 4.15. The van der Waals surface area contributed by atoms with Crippen molar-refractivity contribution >= 4 is 50.4 Å². The Morgan fingerprint density at radius 3 is 2.59 bits per heavy atom. The molecule has 2 aromatic carbocycles. The van der Waals surface area contributed by atoms with Gasteiger partial charge in [0, 0.05) is 21.9 Å². The molecular weight excluding hydrogens is 458 g/mol. The van der Waals surface area contributed by atoms with Crippen LogP contribution in [0.4, 0.5) is 5.95 Å². The van der Waals surface area contributed by atoms with Crippen LogP contribution in [0.3, 0.4) is 0 Å². The molecule has 2 aromatic heterocycles. The molecule has 0 radical (unpaired) electrons. The molecule has 0 bridgehead atoms. The van der Waals surface area contributed by atoms with Crippen LogP contribution in [0.15, 0.2) is 74.6 Å². The number of benzene rings is 2. The number of carbonyl (C=O) groups excluding carboxylic acids is 1. The van der Waals surface area contributed by atoms with Crippen molar-refractivity contribution in [3.8, 4) is 0 Å². The summed E-state index contributed by atoms with van der Waals surface area (Å²) in [5.41, 5.74) is 0.971. The van der Waals surface area contributed by atoms with E-state index in [1.54, 1.807) is 36.7 Å². The number of nitrogens with zero attached hydrogens (tertiary/aromatic N) is 3. The first kappa shape index (κ1) is 18.0. The monoisotopic (exact) mass is 467 g/mol. The largest absolute Gasteiger partial charge is 0.450 e. The van der Waals surface area contributed by atoms with Crippen LogP contribution in [0, 0.1) is 0 Å². The summed E-state index contributed by atoms with van der Waals surface area (Å²) in [6.45, 7) is 0. The summed E-state index contributed by atoms with van der Waals surface area (Å²) in [7, 11) is 0. The number of amides is 1. The molecule has 5 rings (SSSR count). The van der Waals surface area contributed by atoms with E-state index in [1.807, 2.05) is 24.3 Å². The molecule has 4 aromatic rings. The summed E-state index contributed by atoms with van der Waals surface area (Å²) in [4.78, 5) is 36.6. The van der Waals surface area contributed by atoms with Crippen LogP contribution in [0.1, 0.15) is 27.7 Å². The molecule has 1 amide bonds. The Hall–Kier alpha value is -3.03. The van der Waals surface area contributed by atoms with Crippen LogP contribution in [0.2, 0.25) is 5.02 Å². The minimum absolute atomic E-state index is 0.0118. The minimum Gasteiger partial charge on any atom is -0.450 e. The third-order valence-corrected chi connectivity index (χ3v) is 5.49. The Kier molecular flexibility index (Phi) is 4.22. The molecular formula is C21H11BrClN3O3. The number of aromatic nitrogens is 2. The minimum atomic E-state index is -0.725. The summed E-state index contributed by atoms with van der Waals surface area (Å²) in [6.07, 6.45) is 3.09. The van der Waals surface area contributed by atoms with Gasteiger partial charge in [0.15, 0.2) is 5.43 Å². The lowest BCUT2D eigenvalue weighted by Crippen LogP contribution is -2.31. The number of halogens is 2. The van der Waals surface area contributed by atoms with Gasteiger partial charge in [-0.1, -0.05) is 39.7 Å². The van der Waals surface area contributed by atoms with E-state index >= 15 is 0 Å². The molecule has 3 heterocycles. The van der Waals surface area contributed by atoms with E-state index < -0.39 is 11.9 Å². The molecule has 8 heteroatoms. The normalized spacial score (nSPS) is 15.7. The van der Waals surface area contributed by atoms with Gasteiger partial charge in [0.25, 0.3) is 5.91 Å². The highest BCUT2D eigenvalue weighted by Crippen LogP contribution is 2.40. The maximum Gasteiger partial charge on any atom is 0.297 e. The van der Waals surface area contributed by atoms with Gasteiger partial charge in [-0.25, -0.2) is 9.97 Å². The summed E-state index contributed by atoms with van der Waals surface area (Å²) < 4.78 is 6.69. The van der Waals surface area contributed by atoms with Gasteiger partial charge >= 0.3 is 0 Å². The number of anilines is 1. The van der Waals surface area contributed by atoms with Crippen LogP contribution in [0.5, 0.6) is 0 Å². The first-order chi connectivity index (χ1) is 14.0. The van der Waals surface area contributed by atoms with Crippen molar-refractivity contribution < 1.29 is 9.21 Å². The van der Waals surface area contributed by atoms with Crippen LogP contribution in [-0.2, 0) is 0 Å². The predicted molar refractivity (Wildman–Crippen MR) is 112 cm³/mol. The SMILES string of the molecule is O=C1c2oc3ccc(Cl)cc3c(=O)c2C(c2cccc(Br)c2)N1c1ncccn1. The highest BCUT2D eigenvalue weighted by molar-refractivity contribution is 9.10. The molecule has 0 spiro atoms. The van der Waals surface area contributed by atoms with Crippen molar-refractivity contribution in [3.05, 3.63) is 97.5 Å². The smallest absolute Gasteiger partial charge is 0.297 e. The second-order valence-corrected chi connectivity index (χ2v) is 7.85. The van der Waals surface area contributed by atoms with E-state index in [9.17, 15) is 9.59 Å². The summed E-state index contributed by atoms with van der Waals surface area (Å²) in [6, 6.07) is 13.1. The predicted octanol–water partition coefficient (Wildman–Crippen LogP) is 4.75. The van der Waals surface area contributed by atoms with Crippen LogP contribution in [-0.4, -0.2) is 15.9 Å². The van der Waals surface area contributed by atoms with E-state index in [0.29, 0.717) is 16.0 Å². The number of rotatable bonds is 2. The average molecular weight is 469 g/mol. The lowest BCUT2D eigenvalue weighted by atomic mass is 9.99. The van der Waals surface area contributed by atoms with Crippen molar-refractivity contribution in [2.24, 2.45) is 0 Å². The number of fused-ring (bicyclic) bond motifs is 2. The molecule has 1 aliphatic heterocycles. The zero-order chi connectivity index (χ0) is 20.1. The average Bonchev–Trinajstić information content (AvgIpc) is 3.02. The Bertz CT molecular complexity index is 1340. The van der Waals surface area contributed by atoms with Crippen LogP contribution < -0.4 is 10.3 Å². The highest BCUT2D eigenvalue weighted by atomic mass is 79.9. The van der Waals surface area contributed by atoms with Crippen molar-refractivity contribution in [2.75, 3.05) is 4.90 Å². The van der Waals surface area contributed by atoms with Gasteiger partial charge in [-0.2, -0.15) is 0 Å². The summed E-state index contributed by atoms with van der Waals surface area (Å²) in [5.74, 6) is -0.289. The van der Waals surface area contributed by atoms with Gasteiger partial charge in [-0.15, -0.1) is 0 Å². The molecule has 0 fully saturated rings. The maximum atomic E-state index is 13.4. The fraction of sp³-hybridized carbons (Fsp3) is 0.0476. The first-order valence-corrected chi connectivity index (χ1v) is 9.84. The van der Waals surface area contributed by atoms with E-state index in [2.05, 4.69) is 25.9 Å². The van der Waals surface area contributed by atoms with Gasteiger partial charge in [0.05, 0.1) is 17.0 Å². The van der Waals surface area contributed by atoms with E-state index in [4.69, 9.17) is 16.0 Å². The van der Waals surface area contributed by atoms with Crippen molar-refractivity contribution in [3.63, 3.8) is 0 Å². The summed E-state index contributed by atoms with van der Waals surface area (Å²) in [5, 5.41) is 0.733. The van der Waals surface area contributed by atoms with Crippen LogP contribution in [0.25, 0.3) is 11.0 Å². The zero-order valence-electron chi connectivity index (χ0n) is 14.7. The highest BCUT2D eigenvalue weighted by Gasteiger charge is 2.44. The van der Waals surface area contributed by atoms with Gasteiger partial charge in [-0.3, -0.25) is 14.5 Å². The molecule has 1 unspecified atom stereocenters. The molecule has 0 saturated heterocycles. The molecule has 29 heavy (non-hydrogen) atoms. The number of carbonyl (C=O) groups is 1. The maximum absolute atomic E-state index is 13.4. The van der Waals surface area contributed by atoms with Gasteiger partial charge < -0.3 is 4.42 Å². The molecule has 1 atom stereocenters. The topological polar surface area (TPSA) is 76.3 Å². The zero-order valence-corrected chi connectivity index (χ0v) is 17.0. The Morgan fingerprint density at radius 1 is 1.03 bits per heavy atom. The van der Waals surface area contributed by atoms with Crippen molar-refractivity contribution in [2.45, 2.75) is 6.04 Å². The number of hydrogen-bond acceptors (Lipinski definition) is 5. The lowest BCUT2D eigenvalue weighted by Gasteiger charge is -2.23. The summed E-state index contributed by atoms with van der Waals surface area (Å²) >= 11 is 9.54. The Morgan fingerprint density at radius 2 is 1.83 bits per heavy atom. The lowest BCUT2D eigenvalue weighted by molar-refractivity contribution is 0.0969. The van der Waals surface area contributed by atoms with Gasteiger partial charge in [0.2, 0.25) is 11.7 Å². The third-order valence-electron chi connectivity index (χ3n) is 4.76. The quantitative estimate of drug-likeness (QED) is 0.424. The van der Waals surface area contributed by atoms with E-state index in [0.717, 1.165) is 10.0 Å². The molecule has 0 saturated carbocycles. The molecule has 6 nitrogen and oxygen atoms in total. The van der Waals surface area contributed by atoms with Crippen molar-refractivity contribution in [1.82, 2.24) is 9.97 Å². The standard InChI is InChI=1S/C21H11BrClN3O3/c22-12-4-1-3-11(9-12)17-16-18(27)14-10-13(23)5-6-15(14)29-19(16)20(28)26(17)21-24-7-2-8-25-21/h1-10,17H. The molecule has 1 aliphatic rings. The van der Waals surface area contributed by atoms with Crippen molar-refractivity contribution in [1.29, 1.82) is 0 Å². The fourth-order valence-electron chi connectivity index (χ4n) is 3.56. The molecule has 142 valence electrons. The van der Waals surface area contributed by atoms with E-state index in [1.165, 1.54) is 4.90 Å². The Balaban J connectivity index is 1.84. The second-order valence-electron chi connectivity index (χ2n) is 6.50. The van der Waals surface area contributed by atoms with Gasteiger partial charge in [0.1, 0.15) is 5.58 Å². The molecule has 0 N–H and O–H groups in total. The second kappa shape index (κ2) is 6.79. The van der Waals surface area contributed by atoms with Crippen LogP contribution >= 0.6 is 27.5 Å². The first-order valence-electron chi connectivity index (χ1n) is 8.67. The van der Waals surface area contributed by atoms with E-state index in [-0.39, 0.29) is 22.7 Å². The third kappa shape index (κ3) is 2.85. The Labute approximate surface area is 177 Å². The van der Waals surface area contributed by atoms with Gasteiger partial charge in [-0.05, 0) is 42.0 Å².